The summed E-state index contributed by atoms with van der Waals surface area (Å²) in [5.74, 6) is 0.709. The first-order valence-electron chi connectivity index (χ1n) is 10.6. The Hall–Kier alpha value is -2.65. The number of guanidine groups is 1. The summed E-state index contributed by atoms with van der Waals surface area (Å²) in [6.07, 6.45) is 6.74. The van der Waals surface area contributed by atoms with Gasteiger partial charge in [-0.1, -0.05) is 12.1 Å². The first kappa shape index (κ1) is 23.0. The summed E-state index contributed by atoms with van der Waals surface area (Å²) >= 11 is 0. The van der Waals surface area contributed by atoms with Crippen LogP contribution in [0.15, 0.2) is 58.7 Å². The first-order valence-corrected chi connectivity index (χ1v) is 12.1. The molecule has 31 heavy (non-hydrogen) atoms. The molecule has 8 nitrogen and oxygen atoms in total. The fourth-order valence-corrected chi connectivity index (χ4v) is 4.64. The Morgan fingerprint density at radius 2 is 1.87 bits per heavy atom. The number of sulfonamides is 1. The molecule has 0 spiro atoms. The summed E-state index contributed by atoms with van der Waals surface area (Å²) in [6, 6.07) is 11.8. The van der Waals surface area contributed by atoms with Gasteiger partial charge in [-0.3, -0.25) is 9.98 Å². The van der Waals surface area contributed by atoms with Crippen molar-refractivity contribution in [3.05, 3.63) is 54.4 Å². The van der Waals surface area contributed by atoms with Crippen molar-refractivity contribution in [2.75, 3.05) is 45.2 Å². The summed E-state index contributed by atoms with van der Waals surface area (Å²) in [6.45, 7) is 3.65. The Morgan fingerprint density at radius 1 is 1.13 bits per heavy atom. The maximum atomic E-state index is 12.2. The minimum Gasteiger partial charge on any atom is -0.372 e. The third-order valence-electron chi connectivity index (χ3n) is 5.30. The lowest BCUT2D eigenvalue weighted by molar-refractivity contribution is 0.477. The number of hydrogen-bond donors (Lipinski definition) is 2. The van der Waals surface area contributed by atoms with Gasteiger partial charge in [0.25, 0.3) is 0 Å². The van der Waals surface area contributed by atoms with E-state index >= 15 is 0 Å². The van der Waals surface area contributed by atoms with Crippen LogP contribution >= 0.6 is 0 Å². The fourth-order valence-electron chi connectivity index (χ4n) is 3.65. The van der Waals surface area contributed by atoms with Crippen LogP contribution in [0.2, 0.25) is 0 Å². The van der Waals surface area contributed by atoms with Gasteiger partial charge in [-0.25, -0.2) is 13.1 Å². The molecule has 1 aromatic heterocycles. The van der Waals surface area contributed by atoms with E-state index < -0.39 is 10.0 Å². The van der Waals surface area contributed by atoms with Gasteiger partial charge in [0.1, 0.15) is 4.90 Å². The van der Waals surface area contributed by atoms with Crippen LogP contribution in [0.4, 0.5) is 5.69 Å². The molecule has 0 saturated carbocycles. The molecule has 2 aromatic rings. The van der Waals surface area contributed by atoms with Gasteiger partial charge in [-0.2, -0.15) is 0 Å². The first-order chi connectivity index (χ1) is 15.0. The zero-order chi connectivity index (χ0) is 22.1. The SMILES string of the molecule is CN=C(NCCNS(=O)(=O)c1cccnc1)N(C)Cc1ccc(N2CCCCC2)cc1. The number of nitrogens with zero attached hydrogens (tertiary/aromatic N) is 4. The van der Waals surface area contributed by atoms with Gasteiger partial charge in [-0.15, -0.1) is 0 Å². The Labute approximate surface area is 185 Å². The number of aromatic nitrogens is 1. The maximum absolute atomic E-state index is 12.2. The number of benzene rings is 1. The number of hydrogen-bond acceptors (Lipinski definition) is 5. The minimum atomic E-state index is -3.56. The predicted octanol–water partition coefficient (Wildman–Crippen LogP) is 2.06. The van der Waals surface area contributed by atoms with E-state index in [1.165, 1.54) is 42.8 Å². The van der Waals surface area contributed by atoms with Crippen molar-refractivity contribution in [2.24, 2.45) is 4.99 Å². The lowest BCUT2D eigenvalue weighted by Crippen LogP contribution is -2.42. The molecule has 1 fully saturated rings. The average Bonchev–Trinajstić information content (AvgIpc) is 2.80. The topological polar surface area (TPSA) is 89.9 Å². The molecule has 168 valence electrons. The van der Waals surface area contributed by atoms with Crippen molar-refractivity contribution in [1.82, 2.24) is 19.9 Å². The van der Waals surface area contributed by atoms with Crippen molar-refractivity contribution >= 4 is 21.7 Å². The van der Waals surface area contributed by atoms with Gasteiger partial charge in [0.15, 0.2) is 5.96 Å². The van der Waals surface area contributed by atoms with E-state index in [2.05, 4.69) is 49.2 Å². The summed E-state index contributed by atoms with van der Waals surface area (Å²) in [5, 5.41) is 3.20. The van der Waals surface area contributed by atoms with E-state index in [0.29, 0.717) is 19.0 Å². The fraction of sp³-hybridized carbons (Fsp3) is 0.455. The number of aliphatic imine (C=N–C) groups is 1. The van der Waals surface area contributed by atoms with Gasteiger partial charge in [0.05, 0.1) is 0 Å². The molecule has 0 aliphatic carbocycles. The molecule has 0 amide bonds. The van der Waals surface area contributed by atoms with Crippen LogP contribution in [0, 0.1) is 0 Å². The molecule has 1 aliphatic rings. The quantitative estimate of drug-likeness (QED) is 0.368. The van der Waals surface area contributed by atoms with Crippen LogP contribution in [0.5, 0.6) is 0 Å². The predicted molar refractivity (Wildman–Crippen MR) is 125 cm³/mol. The highest BCUT2D eigenvalue weighted by molar-refractivity contribution is 7.89. The van der Waals surface area contributed by atoms with Crippen molar-refractivity contribution in [3.63, 3.8) is 0 Å². The van der Waals surface area contributed by atoms with Gasteiger partial charge < -0.3 is 15.1 Å². The number of rotatable bonds is 8. The molecule has 2 N–H and O–H groups in total. The monoisotopic (exact) mass is 444 g/mol. The molecule has 1 aromatic carbocycles. The standard InChI is InChI=1S/C22H32N6O2S/c1-23-22(25-13-14-26-31(29,30)21-7-6-12-24-17-21)27(2)18-19-8-10-20(11-9-19)28-15-4-3-5-16-28/h6-12,17,26H,3-5,13-16,18H2,1-2H3,(H,23,25). The van der Waals surface area contributed by atoms with E-state index in [9.17, 15) is 8.42 Å². The summed E-state index contributed by atoms with van der Waals surface area (Å²) in [5.41, 5.74) is 2.48. The Bertz CT molecular complexity index is 942. The van der Waals surface area contributed by atoms with E-state index in [1.54, 1.807) is 19.3 Å². The second-order valence-electron chi connectivity index (χ2n) is 7.63. The lowest BCUT2D eigenvalue weighted by Gasteiger charge is -2.29. The average molecular weight is 445 g/mol. The second-order valence-corrected chi connectivity index (χ2v) is 9.40. The molecule has 9 heteroatoms. The third-order valence-corrected chi connectivity index (χ3v) is 6.74. The molecule has 3 rings (SSSR count). The van der Waals surface area contributed by atoms with Crippen LogP contribution in [0.25, 0.3) is 0 Å². The molecular weight excluding hydrogens is 412 g/mol. The molecule has 1 saturated heterocycles. The Morgan fingerprint density at radius 3 is 2.52 bits per heavy atom. The van der Waals surface area contributed by atoms with Gasteiger partial charge >= 0.3 is 0 Å². The minimum absolute atomic E-state index is 0.157. The summed E-state index contributed by atoms with van der Waals surface area (Å²) in [7, 11) is 0.129. The van der Waals surface area contributed by atoms with Crippen LogP contribution in [-0.2, 0) is 16.6 Å². The summed E-state index contributed by atoms with van der Waals surface area (Å²) < 4.78 is 27.1. The summed E-state index contributed by atoms with van der Waals surface area (Å²) in [4.78, 5) is 12.8. The smallest absolute Gasteiger partial charge is 0.242 e. The lowest BCUT2D eigenvalue weighted by atomic mass is 10.1. The molecule has 1 aliphatic heterocycles. The van der Waals surface area contributed by atoms with E-state index in [0.717, 1.165) is 13.1 Å². The van der Waals surface area contributed by atoms with Crippen LogP contribution in [0.1, 0.15) is 24.8 Å². The van der Waals surface area contributed by atoms with E-state index in [4.69, 9.17) is 0 Å². The largest absolute Gasteiger partial charge is 0.372 e. The number of piperidine rings is 1. The zero-order valence-corrected chi connectivity index (χ0v) is 19.1. The highest BCUT2D eigenvalue weighted by Crippen LogP contribution is 2.20. The second kappa shape index (κ2) is 11.1. The van der Waals surface area contributed by atoms with E-state index in [-0.39, 0.29) is 11.4 Å². The molecule has 0 atom stereocenters. The van der Waals surface area contributed by atoms with Crippen LogP contribution in [-0.4, -0.2) is 64.5 Å². The van der Waals surface area contributed by atoms with Crippen LogP contribution in [0.3, 0.4) is 0 Å². The zero-order valence-electron chi connectivity index (χ0n) is 18.3. The normalized spacial score (nSPS) is 15.0. The molecule has 2 heterocycles. The van der Waals surface area contributed by atoms with Gasteiger partial charge in [0.2, 0.25) is 10.0 Å². The highest BCUT2D eigenvalue weighted by atomic mass is 32.2. The van der Waals surface area contributed by atoms with E-state index in [1.807, 2.05) is 11.9 Å². The van der Waals surface area contributed by atoms with Crippen molar-refractivity contribution in [2.45, 2.75) is 30.7 Å². The highest BCUT2D eigenvalue weighted by Gasteiger charge is 2.14. The molecule has 0 radical (unpaired) electrons. The molecule has 0 bridgehead atoms. The third kappa shape index (κ3) is 6.67. The number of anilines is 1. The number of nitrogens with one attached hydrogen (secondary N) is 2. The van der Waals surface area contributed by atoms with Gasteiger partial charge in [-0.05, 0) is 49.1 Å². The van der Waals surface area contributed by atoms with Gasteiger partial charge in [0, 0.05) is 64.9 Å². The van der Waals surface area contributed by atoms with Crippen molar-refractivity contribution in [3.8, 4) is 0 Å². The maximum Gasteiger partial charge on any atom is 0.242 e. The number of pyridine rings is 1. The Kier molecular flexibility index (Phi) is 8.25. The molecular formula is C22H32N6O2S. The molecule has 0 unspecified atom stereocenters. The van der Waals surface area contributed by atoms with Crippen molar-refractivity contribution in [1.29, 1.82) is 0 Å². The Balaban J connectivity index is 1.46. The van der Waals surface area contributed by atoms with Crippen LogP contribution < -0.4 is 14.9 Å². The van der Waals surface area contributed by atoms with Crippen molar-refractivity contribution < 1.29 is 8.42 Å².